The summed E-state index contributed by atoms with van der Waals surface area (Å²) in [5.74, 6) is 4.58. The average molecular weight is 1910 g/mol. The van der Waals surface area contributed by atoms with Crippen LogP contribution >= 0.6 is 0 Å². The maximum Gasteiger partial charge on any atom is 2.00 e. The Morgan fingerprint density at radius 1 is 0.156 bits per heavy atom. The summed E-state index contributed by atoms with van der Waals surface area (Å²) in [5, 5.41) is 0. The number of hydrogen-bond acceptors (Lipinski definition) is 2. The van der Waals surface area contributed by atoms with Crippen LogP contribution in [0, 0.1) is 107 Å². The summed E-state index contributed by atoms with van der Waals surface area (Å²) < 4.78 is 0. The SMILES string of the molecule is C(=C\C1CCCC1)/c1ccc(N(c2ccc(/C=C/C3CCCC3)cc2)c2ccc(/C=C/C3CCCC3)cc2)cc1.C1CCCC1.C1CCCC1.C1CCCC1.C1CCCC1.C1CCCC1.C1CCCC1.[CH3-].[CH3-].[CH3-].[CH3-].[CH3-].[CH3-].[CH3-].[CH3-].[CH3-].[CH3-].[CH3-].[CH3-].[Fe+2].[Fe+2].[Fe+2].[Fe+2].[Fe+2].[Fe+2].c1cc(N(c2ccc(C3CCCC3)cc2)c2ccc(C3CCCC3)cc2)ccc1C1CCCC1. The van der Waals surface area contributed by atoms with Crippen molar-refractivity contribution < 1.29 is 102 Å². The zero-order chi connectivity index (χ0) is 70.9. The third-order valence-electron chi connectivity index (χ3n) is 25.8. The van der Waals surface area contributed by atoms with E-state index in [1.807, 2.05) is 0 Å². The molecule has 0 atom stereocenters. The summed E-state index contributed by atoms with van der Waals surface area (Å²) >= 11 is 0. The van der Waals surface area contributed by atoms with Gasteiger partial charge < -0.3 is 98.9 Å². The first-order chi connectivity index (χ1) is 51.6. The molecule has 0 saturated heterocycles. The Balaban J connectivity index is -0.000000237. The first kappa shape index (κ1) is 135. The second-order valence-corrected chi connectivity index (χ2v) is 34.0. The second kappa shape index (κ2) is 81.5. The van der Waals surface area contributed by atoms with Gasteiger partial charge in [-0.15, -0.1) is 0 Å². The predicted molar refractivity (Wildman–Crippen MR) is 534 cm³/mol. The molecule has 0 aromatic heterocycles. The minimum Gasteiger partial charge on any atom is -0.358 e. The van der Waals surface area contributed by atoms with Crippen molar-refractivity contribution in [2.24, 2.45) is 17.8 Å². The van der Waals surface area contributed by atoms with Crippen molar-refractivity contribution in [3.05, 3.63) is 286 Å². The monoisotopic (exact) mass is 1910 g/mol. The Labute approximate surface area is 825 Å². The van der Waals surface area contributed by atoms with Crippen LogP contribution in [-0.4, -0.2) is 0 Å². The molecule has 12 aliphatic rings. The van der Waals surface area contributed by atoms with Crippen molar-refractivity contribution in [3.8, 4) is 0 Å². The summed E-state index contributed by atoms with van der Waals surface area (Å²) in [6, 6.07) is 55.7. The molecule has 0 radical (unpaired) electrons. The summed E-state index contributed by atoms with van der Waals surface area (Å²) in [4.78, 5) is 4.84. The van der Waals surface area contributed by atoms with Gasteiger partial charge in [-0.2, -0.15) is 0 Å². The van der Waals surface area contributed by atoms with E-state index in [0.29, 0.717) is 0 Å². The molecular formula is C114H180Fe6N2. The number of anilines is 6. The molecule has 0 amide bonds. The van der Waals surface area contributed by atoms with Crippen LogP contribution in [0.1, 0.15) is 398 Å². The maximum absolute atomic E-state index is 2.45. The molecule has 18 rings (SSSR count). The summed E-state index contributed by atoms with van der Waals surface area (Å²) in [7, 11) is 0. The molecule has 0 heterocycles. The molecule has 6 aromatic rings. The topological polar surface area (TPSA) is 6.48 Å². The molecule has 12 aliphatic carbocycles. The van der Waals surface area contributed by atoms with E-state index in [9.17, 15) is 0 Å². The Bertz CT molecular complexity index is 2840. The van der Waals surface area contributed by atoms with E-state index < -0.39 is 0 Å². The van der Waals surface area contributed by atoms with E-state index in [1.165, 1.54) is 414 Å². The summed E-state index contributed by atoms with van der Waals surface area (Å²) in [6.45, 7) is 0. The summed E-state index contributed by atoms with van der Waals surface area (Å²) in [6.07, 6.45) is 92.1. The number of allylic oxidation sites excluding steroid dienone is 3. The van der Waals surface area contributed by atoms with Gasteiger partial charge in [-0.1, -0.05) is 379 Å². The van der Waals surface area contributed by atoms with Gasteiger partial charge in [0.2, 0.25) is 0 Å². The quantitative estimate of drug-likeness (QED) is 0.0747. The van der Waals surface area contributed by atoms with Gasteiger partial charge in [0.1, 0.15) is 0 Å². The van der Waals surface area contributed by atoms with Gasteiger partial charge in [0.05, 0.1) is 0 Å². The smallest absolute Gasteiger partial charge is 0.358 e. The van der Waals surface area contributed by atoms with Gasteiger partial charge >= 0.3 is 102 Å². The minimum absolute atomic E-state index is 0. The number of hydrogen-bond donors (Lipinski definition) is 0. The Hall–Kier alpha value is -2.74. The van der Waals surface area contributed by atoms with Gasteiger partial charge in [-0.3, -0.25) is 0 Å². The van der Waals surface area contributed by atoms with Crippen LogP contribution in [0.5, 0.6) is 0 Å². The molecule has 0 spiro atoms. The van der Waals surface area contributed by atoms with E-state index in [1.54, 1.807) is 0 Å². The minimum atomic E-state index is 0. The fourth-order valence-electron chi connectivity index (χ4n) is 19.1. The van der Waals surface area contributed by atoms with Gasteiger partial charge in [0, 0.05) is 34.1 Å². The van der Waals surface area contributed by atoms with Crippen molar-refractivity contribution in [1.82, 2.24) is 0 Å². The van der Waals surface area contributed by atoms with Crippen LogP contribution in [-0.2, 0) is 102 Å². The van der Waals surface area contributed by atoms with Crippen LogP contribution in [0.4, 0.5) is 34.1 Å². The standard InChI is InChI=1S/C39H45N.C33H39N.6C5H10.12CH3.6Fe/c1-2-8-31(7-1)13-16-34-19-25-37(26-20-34)40(38-27-21-35(22-28-38)17-14-32-9-3-4-10-32)39-29-23-36(24-30-39)18-15-33-11-5-6-12-33;1-2-8-25(7-1)28-13-19-31(20-14-28)34(32-21-15-29(16-22-32)26-9-3-4-10-26)33-23-17-30(18-24-33)27-11-5-6-12-27;6*1-2-4-5-3-1;;;;;;;;;;;;;;;;;;/h13-33H,1-12H2;13-27H,1-12H2;6*1-5H2;12*1H3;;;;;;/q;;;;;;;;12*-1;6*+2/b16-13+,17-14+,18-15+;;;;;;;;;;;;;;;;;;;;;;;;;. The first-order valence-corrected chi connectivity index (χ1v) is 44.9. The van der Waals surface area contributed by atoms with E-state index in [0.717, 1.165) is 35.5 Å². The van der Waals surface area contributed by atoms with Crippen molar-refractivity contribution in [2.75, 3.05) is 9.80 Å². The van der Waals surface area contributed by atoms with Gasteiger partial charge in [-0.05, 0) is 219 Å². The Kier molecular flexibility index (Phi) is 90.0. The summed E-state index contributed by atoms with van der Waals surface area (Å²) in [5.41, 5.74) is 15.8. The van der Waals surface area contributed by atoms with Crippen LogP contribution in [0.15, 0.2) is 164 Å². The van der Waals surface area contributed by atoms with E-state index >= 15 is 0 Å². The van der Waals surface area contributed by atoms with E-state index in [2.05, 4.69) is 192 Å². The first-order valence-electron chi connectivity index (χ1n) is 44.9. The van der Waals surface area contributed by atoms with Gasteiger partial charge in [-0.25, -0.2) is 0 Å². The normalized spacial score (nSPS) is 17.7. The number of benzene rings is 6. The largest absolute Gasteiger partial charge is 2.00 e. The molecule has 0 N–H and O–H groups in total. The molecule has 0 unspecified atom stereocenters. The number of nitrogens with zero attached hydrogens (tertiary/aromatic N) is 2. The molecule has 0 aliphatic heterocycles. The fourth-order valence-corrected chi connectivity index (χ4v) is 19.1. The van der Waals surface area contributed by atoms with Crippen molar-refractivity contribution in [1.29, 1.82) is 0 Å². The number of rotatable bonds is 15. The van der Waals surface area contributed by atoms with Gasteiger partial charge in [0.15, 0.2) is 0 Å². The van der Waals surface area contributed by atoms with Crippen molar-refractivity contribution >= 4 is 52.4 Å². The Morgan fingerprint density at radius 3 is 0.418 bits per heavy atom. The predicted octanol–water partition coefficient (Wildman–Crippen LogP) is 39.0. The van der Waals surface area contributed by atoms with Crippen molar-refractivity contribution in [2.45, 2.75) is 364 Å². The molecule has 0 bridgehead atoms. The Morgan fingerprint density at radius 2 is 0.279 bits per heavy atom. The molecule has 122 heavy (non-hydrogen) atoms. The molecule has 8 heteroatoms. The third kappa shape index (κ3) is 48.8. The van der Waals surface area contributed by atoms with Crippen LogP contribution in [0.3, 0.4) is 0 Å². The molecular weight excluding hydrogens is 1730 g/mol. The van der Waals surface area contributed by atoms with Gasteiger partial charge in [0.25, 0.3) is 0 Å². The van der Waals surface area contributed by atoms with E-state index in [-0.39, 0.29) is 192 Å². The van der Waals surface area contributed by atoms with Crippen LogP contribution in [0.2, 0.25) is 0 Å². The molecule has 694 valence electrons. The molecule has 12 saturated carbocycles. The zero-order valence-corrected chi connectivity index (χ0v) is 86.6. The zero-order valence-electron chi connectivity index (χ0n) is 80.0. The van der Waals surface area contributed by atoms with E-state index in [4.69, 9.17) is 0 Å². The molecule has 12 fully saturated rings. The van der Waals surface area contributed by atoms with Crippen molar-refractivity contribution in [3.63, 3.8) is 0 Å². The fraction of sp³-hybridized carbons (Fsp3) is 0.526. The van der Waals surface area contributed by atoms with Crippen LogP contribution in [0.25, 0.3) is 18.2 Å². The maximum atomic E-state index is 2.45. The molecule has 6 aromatic carbocycles. The average Bonchev–Trinajstić information content (AvgIpc) is 1.41. The van der Waals surface area contributed by atoms with Crippen LogP contribution < -0.4 is 9.80 Å². The second-order valence-electron chi connectivity index (χ2n) is 34.0. The third-order valence-corrected chi connectivity index (χ3v) is 25.8. The molecule has 2 nitrogen and oxygen atoms in total.